The predicted molar refractivity (Wildman–Crippen MR) is 74.6 cm³/mol. The smallest absolute Gasteiger partial charge is 0.247 e. The van der Waals surface area contributed by atoms with Crippen LogP contribution in [0.4, 0.5) is 5.82 Å². The van der Waals surface area contributed by atoms with Gasteiger partial charge in [-0.05, 0) is 19.4 Å². The number of hydrogen-bond acceptors (Lipinski definition) is 3. The number of nitrogens with two attached hydrogens (primary N) is 1. The molecular formula is C14H18N4O. The Bertz CT molecular complexity index is 559. The van der Waals surface area contributed by atoms with E-state index in [1.807, 2.05) is 38.1 Å². The molecule has 19 heavy (non-hydrogen) atoms. The summed E-state index contributed by atoms with van der Waals surface area (Å²) in [6.07, 6.45) is 1.65. The number of nitrogens with zero attached hydrogens (tertiary/aromatic N) is 2. The molecule has 100 valence electrons. The largest absolute Gasteiger partial charge is 0.316 e. The lowest BCUT2D eigenvalue weighted by atomic mass is 10.1. The van der Waals surface area contributed by atoms with Crippen molar-refractivity contribution in [3.8, 4) is 0 Å². The Labute approximate surface area is 112 Å². The topological polar surface area (TPSA) is 72.9 Å². The summed E-state index contributed by atoms with van der Waals surface area (Å²) in [6, 6.07) is 8.70. The summed E-state index contributed by atoms with van der Waals surface area (Å²) in [5.74, 6) is 0.425. The van der Waals surface area contributed by atoms with Crippen molar-refractivity contribution in [3.05, 3.63) is 47.7 Å². The minimum absolute atomic E-state index is 0.237. The van der Waals surface area contributed by atoms with Gasteiger partial charge in [-0.25, -0.2) is 4.68 Å². The van der Waals surface area contributed by atoms with Crippen LogP contribution in [0, 0.1) is 6.92 Å². The van der Waals surface area contributed by atoms with E-state index in [1.54, 1.807) is 16.9 Å². The number of hydrogen-bond donors (Lipinski definition) is 2. The second-order valence-electron chi connectivity index (χ2n) is 4.41. The third-order valence-electron chi connectivity index (χ3n) is 2.99. The molecule has 5 nitrogen and oxygen atoms in total. The highest BCUT2D eigenvalue weighted by atomic mass is 16.2. The van der Waals surface area contributed by atoms with Crippen molar-refractivity contribution in [2.45, 2.75) is 26.4 Å². The molecule has 0 bridgehead atoms. The van der Waals surface area contributed by atoms with Gasteiger partial charge in [0.25, 0.3) is 0 Å². The van der Waals surface area contributed by atoms with E-state index in [1.165, 1.54) is 0 Å². The van der Waals surface area contributed by atoms with Gasteiger partial charge in [0.2, 0.25) is 5.91 Å². The Morgan fingerprint density at radius 1 is 1.37 bits per heavy atom. The number of carbonyl (C=O) groups excluding carboxylic acids is 1. The molecule has 0 saturated heterocycles. The van der Waals surface area contributed by atoms with Crippen molar-refractivity contribution in [1.82, 2.24) is 9.78 Å². The van der Waals surface area contributed by atoms with Gasteiger partial charge in [0.05, 0.1) is 6.20 Å². The minimum atomic E-state index is -0.680. The van der Waals surface area contributed by atoms with Crippen LogP contribution in [0.3, 0.4) is 0 Å². The van der Waals surface area contributed by atoms with Crippen molar-refractivity contribution < 1.29 is 4.79 Å². The quantitative estimate of drug-likeness (QED) is 0.879. The Hall–Kier alpha value is -2.14. The number of aromatic nitrogens is 2. The van der Waals surface area contributed by atoms with Gasteiger partial charge in [-0.3, -0.25) is 4.79 Å². The number of aryl methyl sites for hydroxylation is 2. The third kappa shape index (κ3) is 3.00. The van der Waals surface area contributed by atoms with Crippen molar-refractivity contribution >= 4 is 11.7 Å². The lowest BCUT2D eigenvalue weighted by Crippen LogP contribution is -2.28. The molecule has 0 aliphatic carbocycles. The zero-order chi connectivity index (χ0) is 13.8. The van der Waals surface area contributed by atoms with E-state index in [9.17, 15) is 4.79 Å². The van der Waals surface area contributed by atoms with Gasteiger partial charge in [-0.1, -0.05) is 29.8 Å². The molecule has 0 fully saturated rings. The summed E-state index contributed by atoms with van der Waals surface area (Å²) < 4.78 is 1.71. The van der Waals surface area contributed by atoms with Gasteiger partial charge in [0, 0.05) is 12.6 Å². The fraction of sp³-hybridized carbons (Fsp3) is 0.286. The number of carbonyl (C=O) groups is 1. The number of amides is 1. The van der Waals surface area contributed by atoms with E-state index in [4.69, 9.17) is 5.73 Å². The number of nitrogens with one attached hydrogen (secondary N) is 1. The van der Waals surface area contributed by atoms with Crippen LogP contribution in [0.15, 0.2) is 36.5 Å². The summed E-state index contributed by atoms with van der Waals surface area (Å²) >= 11 is 0. The maximum absolute atomic E-state index is 12.1. The summed E-state index contributed by atoms with van der Waals surface area (Å²) in [7, 11) is 0. The first-order valence-electron chi connectivity index (χ1n) is 6.26. The van der Waals surface area contributed by atoms with Gasteiger partial charge in [-0.15, -0.1) is 0 Å². The SMILES string of the molecule is CCn1nccc1NC(=O)C(N)c1ccc(C)cc1. The molecule has 1 atom stereocenters. The predicted octanol–water partition coefficient (Wildman–Crippen LogP) is 1.85. The molecule has 0 aliphatic heterocycles. The Morgan fingerprint density at radius 3 is 2.68 bits per heavy atom. The second-order valence-corrected chi connectivity index (χ2v) is 4.41. The summed E-state index contributed by atoms with van der Waals surface area (Å²) in [4.78, 5) is 12.1. The molecule has 1 heterocycles. The Balaban J connectivity index is 2.09. The van der Waals surface area contributed by atoms with Crippen LogP contribution in [0.25, 0.3) is 0 Å². The fourth-order valence-corrected chi connectivity index (χ4v) is 1.82. The summed E-state index contributed by atoms with van der Waals surface area (Å²) in [5, 5.41) is 6.88. The van der Waals surface area contributed by atoms with Crippen LogP contribution in [-0.2, 0) is 11.3 Å². The zero-order valence-corrected chi connectivity index (χ0v) is 11.1. The van der Waals surface area contributed by atoms with Gasteiger partial charge < -0.3 is 11.1 Å². The van der Waals surface area contributed by atoms with Crippen molar-refractivity contribution in [2.24, 2.45) is 5.73 Å². The third-order valence-corrected chi connectivity index (χ3v) is 2.99. The fourth-order valence-electron chi connectivity index (χ4n) is 1.82. The average molecular weight is 258 g/mol. The van der Waals surface area contributed by atoms with Crippen LogP contribution in [0.5, 0.6) is 0 Å². The normalized spacial score (nSPS) is 12.2. The molecule has 1 amide bonds. The second kappa shape index (κ2) is 5.67. The number of benzene rings is 1. The Morgan fingerprint density at radius 2 is 2.05 bits per heavy atom. The standard InChI is InChI=1S/C14H18N4O/c1-3-18-12(8-9-16-18)17-14(19)13(15)11-6-4-10(2)5-7-11/h4-9,13H,3,15H2,1-2H3,(H,17,19). The molecule has 2 rings (SSSR count). The lowest BCUT2D eigenvalue weighted by molar-refractivity contribution is -0.117. The molecule has 2 aromatic rings. The highest BCUT2D eigenvalue weighted by Gasteiger charge is 2.16. The lowest BCUT2D eigenvalue weighted by Gasteiger charge is -2.13. The van der Waals surface area contributed by atoms with Crippen LogP contribution < -0.4 is 11.1 Å². The van der Waals surface area contributed by atoms with Crippen molar-refractivity contribution in [2.75, 3.05) is 5.32 Å². The molecule has 1 aromatic heterocycles. The van der Waals surface area contributed by atoms with E-state index in [0.717, 1.165) is 11.1 Å². The monoisotopic (exact) mass is 258 g/mol. The molecular weight excluding hydrogens is 240 g/mol. The highest BCUT2D eigenvalue weighted by Crippen LogP contribution is 2.14. The van der Waals surface area contributed by atoms with Crippen LogP contribution in [0.2, 0.25) is 0 Å². The molecule has 1 unspecified atom stereocenters. The van der Waals surface area contributed by atoms with E-state index < -0.39 is 6.04 Å². The summed E-state index contributed by atoms with van der Waals surface area (Å²) in [6.45, 7) is 4.65. The van der Waals surface area contributed by atoms with Crippen LogP contribution in [0.1, 0.15) is 24.1 Å². The van der Waals surface area contributed by atoms with Crippen LogP contribution in [-0.4, -0.2) is 15.7 Å². The molecule has 5 heteroatoms. The van der Waals surface area contributed by atoms with Gasteiger partial charge in [0.15, 0.2) is 0 Å². The minimum Gasteiger partial charge on any atom is -0.316 e. The first-order chi connectivity index (χ1) is 9.11. The van der Waals surface area contributed by atoms with E-state index in [2.05, 4.69) is 10.4 Å². The first-order valence-corrected chi connectivity index (χ1v) is 6.26. The molecule has 0 saturated carbocycles. The number of rotatable bonds is 4. The van der Waals surface area contributed by atoms with Gasteiger partial charge in [-0.2, -0.15) is 5.10 Å². The van der Waals surface area contributed by atoms with Crippen molar-refractivity contribution in [1.29, 1.82) is 0 Å². The van der Waals surface area contributed by atoms with Gasteiger partial charge >= 0.3 is 0 Å². The Kier molecular flexibility index (Phi) is 3.97. The van der Waals surface area contributed by atoms with E-state index >= 15 is 0 Å². The molecule has 0 spiro atoms. The van der Waals surface area contributed by atoms with E-state index in [-0.39, 0.29) is 5.91 Å². The zero-order valence-electron chi connectivity index (χ0n) is 11.1. The average Bonchev–Trinajstić information content (AvgIpc) is 2.86. The molecule has 0 aliphatic rings. The first kappa shape index (κ1) is 13.3. The molecule has 1 aromatic carbocycles. The molecule has 3 N–H and O–H groups in total. The van der Waals surface area contributed by atoms with E-state index in [0.29, 0.717) is 12.4 Å². The number of anilines is 1. The van der Waals surface area contributed by atoms with Crippen LogP contribution >= 0.6 is 0 Å². The van der Waals surface area contributed by atoms with Crippen molar-refractivity contribution in [3.63, 3.8) is 0 Å². The van der Waals surface area contributed by atoms with Gasteiger partial charge in [0.1, 0.15) is 11.9 Å². The maximum atomic E-state index is 12.1. The highest BCUT2D eigenvalue weighted by molar-refractivity contribution is 5.94. The summed E-state index contributed by atoms with van der Waals surface area (Å²) in [5.41, 5.74) is 7.89. The maximum Gasteiger partial charge on any atom is 0.247 e. The molecule has 0 radical (unpaired) electrons.